The Morgan fingerprint density at radius 3 is 2.55 bits per heavy atom. The number of phenolic OH excluding ortho intramolecular Hbond substituents is 1. The van der Waals surface area contributed by atoms with Gasteiger partial charge in [-0.3, -0.25) is 0 Å². The molecule has 0 saturated carbocycles. The van der Waals surface area contributed by atoms with Gasteiger partial charge in [-0.2, -0.15) is 0 Å². The van der Waals surface area contributed by atoms with E-state index < -0.39 is 0 Å². The van der Waals surface area contributed by atoms with Gasteiger partial charge in [0.05, 0.1) is 5.56 Å². The van der Waals surface area contributed by atoms with Crippen LogP contribution in [0.1, 0.15) is 5.56 Å². The first kappa shape index (κ1) is 12.4. The van der Waals surface area contributed by atoms with Crippen LogP contribution in [0.2, 0.25) is 0 Å². The van der Waals surface area contributed by atoms with E-state index in [4.69, 9.17) is 0 Å². The minimum absolute atomic E-state index is 0.230. The van der Waals surface area contributed by atoms with E-state index in [0.717, 1.165) is 5.56 Å². The SMILES string of the molecule is Oc1ccc(Cn2ccnc2-c2ccccc2F)cc1. The van der Waals surface area contributed by atoms with Gasteiger partial charge < -0.3 is 9.67 Å². The van der Waals surface area contributed by atoms with Crippen LogP contribution in [0.5, 0.6) is 5.75 Å². The third-order valence-corrected chi connectivity index (χ3v) is 3.12. The van der Waals surface area contributed by atoms with Gasteiger partial charge in [-0.05, 0) is 29.8 Å². The maximum absolute atomic E-state index is 13.8. The smallest absolute Gasteiger partial charge is 0.143 e. The zero-order chi connectivity index (χ0) is 13.9. The Kier molecular flexibility index (Phi) is 3.21. The van der Waals surface area contributed by atoms with Crippen LogP contribution in [-0.4, -0.2) is 14.7 Å². The molecule has 100 valence electrons. The average Bonchev–Trinajstić information content (AvgIpc) is 2.90. The summed E-state index contributed by atoms with van der Waals surface area (Å²) in [5.41, 5.74) is 1.50. The maximum atomic E-state index is 13.8. The molecule has 0 bridgehead atoms. The van der Waals surface area contributed by atoms with Crippen molar-refractivity contribution in [2.45, 2.75) is 6.54 Å². The van der Waals surface area contributed by atoms with Crippen LogP contribution >= 0.6 is 0 Å². The molecular weight excluding hydrogens is 255 g/mol. The summed E-state index contributed by atoms with van der Waals surface area (Å²) in [5, 5.41) is 9.28. The van der Waals surface area contributed by atoms with Crippen LogP contribution in [0.4, 0.5) is 4.39 Å². The molecule has 2 aromatic carbocycles. The van der Waals surface area contributed by atoms with Gasteiger partial charge in [0.25, 0.3) is 0 Å². The van der Waals surface area contributed by atoms with E-state index in [1.807, 2.05) is 22.9 Å². The lowest BCUT2D eigenvalue weighted by molar-refractivity contribution is 0.475. The lowest BCUT2D eigenvalue weighted by Gasteiger charge is -2.09. The van der Waals surface area contributed by atoms with Gasteiger partial charge in [0.1, 0.15) is 17.4 Å². The molecule has 0 aliphatic rings. The number of phenols is 1. The molecule has 0 unspecified atom stereocenters. The van der Waals surface area contributed by atoms with Gasteiger partial charge in [0.2, 0.25) is 0 Å². The van der Waals surface area contributed by atoms with E-state index in [1.165, 1.54) is 6.07 Å². The Morgan fingerprint density at radius 1 is 1.05 bits per heavy atom. The van der Waals surface area contributed by atoms with Gasteiger partial charge in [-0.1, -0.05) is 24.3 Å². The molecule has 0 radical (unpaired) electrons. The van der Waals surface area contributed by atoms with Crippen molar-refractivity contribution in [2.75, 3.05) is 0 Å². The summed E-state index contributed by atoms with van der Waals surface area (Å²) in [6.45, 7) is 0.573. The largest absolute Gasteiger partial charge is 0.508 e. The van der Waals surface area contributed by atoms with Crippen LogP contribution < -0.4 is 0 Å². The molecule has 3 rings (SSSR count). The van der Waals surface area contributed by atoms with E-state index >= 15 is 0 Å². The summed E-state index contributed by atoms with van der Waals surface area (Å²) in [4.78, 5) is 4.23. The molecule has 1 heterocycles. The molecule has 1 N–H and O–H groups in total. The molecule has 4 heteroatoms. The molecule has 0 fully saturated rings. The second kappa shape index (κ2) is 5.17. The monoisotopic (exact) mass is 268 g/mol. The molecule has 0 atom stereocenters. The lowest BCUT2D eigenvalue weighted by Crippen LogP contribution is -2.02. The normalized spacial score (nSPS) is 10.7. The number of nitrogens with zero attached hydrogens (tertiary/aromatic N) is 2. The first-order valence-corrected chi connectivity index (χ1v) is 6.28. The second-order valence-electron chi connectivity index (χ2n) is 4.53. The summed E-state index contributed by atoms with van der Waals surface area (Å²) >= 11 is 0. The number of benzene rings is 2. The zero-order valence-electron chi connectivity index (χ0n) is 10.7. The topological polar surface area (TPSA) is 38.0 Å². The fourth-order valence-corrected chi connectivity index (χ4v) is 2.12. The number of halogens is 1. The Morgan fingerprint density at radius 2 is 1.80 bits per heavy atom. The van der Waals surface area contributed by atoms with Crippen LogP contribution in [0.15, 0.2) is 60.9 Å². The molecule has 0 amide bonds. The van der Waals surface area contributed by atoms with Crippen molar-refractivity contribution in [1.29, 1.82) is 0 Å². The summed E-state index contributed by atoms with van der Waals surface area (Å²) in [7, 11) is 0. The molecule has 1 aromatic heterocycles. The van der Waals surface area contributed by atoms with Crippen molar-refractivity contribution in [1.82, 2.24) is 9.55 Å². The van der Waals surface area contributed by atoms with E-state index in [9.17, 15) is 9.50 Å². The molecular formula is C16H13FN2O. The van der Waals surface area contributed by atoms with Gasteiger partial charge >= 0.3 is 0 Å². The Hall–Kier alpha value is -2.62. The van der Waals surface area contributed by atoms with Gasteiger partial charge in [-0.25, -0.2) is 9.37 Å². The quantitative estimate of drug-likeness (QED) is 0.790. The summed E-state index contributed by atoms with van der Waals surface area (Å²) < 4.78 is 15.7. The fraction of sp³-hybridized carbons (Fsp3) is 0.0625. The van der Waals surface area contributed by atoms with Crippen LogP contribution in [-0.2, 0) is 6.54 Å². The minimum Gasteiger partial charge on any atom is -0.508 e. The Labute approximate surface area is 116 Å². The fourth-order valence-electron chi connectivity index (χ4n) is 2.12. The highest BCUT2D eigenvalue weighted by atomic mass is 19.1. The van der Waals surface area contributed by atoms with Crippen LogP contribution in [0.25, 0.3) is 11.4 Å². The van der Waals surface area contributed by atoms with E-state index in [2.05, 4.69) is 4.98 Å². The number of imidazole rings is 1. The van der Waals surface area contributed by atoms with Crippen LogP contribution in [0.3, 0.4) is 0 Å². The third-order valence-electron chi connectivity index (χ3n) is 3.12. The molecule has 0 saturated heterocycles. The first-order chi connectivity index (χ1) is 9.74. The highest BCUT2D eigenvalue weighted by Crippen LogP contribution is 2.22. The number of hydrogen-bond acceptors (Lipinski definition) is 2. The lowest BCUT2D eigenvalue weighted by atomic mass is 10.2. The average molecular weight is 268 g/mol. The Bertz CT molecular complexity index is 719. The van der Waals surface area contributed by atoms with Gasteiger partial charge in [0, 0.05) is 18.9 Å². The molecule has 0 spiro atoms. The first-order valence-electron chi connectivity index (χ1n) is 6.28. The van der Waals surface area contributed by atoms with E-state index in [1.54, 1.807) is 36.5 Å². The predicted molar refractivity (Wildman–Crippen MR) is 74.8 cm³/mol. The molecule has 0 aliphatic heterocycles. The maximum Gasteiger partial charge on any atom is 0.143 e. The summed E-state index contributed by atoms with van der Waals surface area (Å²) in [5.74, 6) is 0.538. The highest BCUT2D eigenvalue weighted by Gasteiger charge is 2.10. The van der Waals surface area contributed by atoms with Crippen molar-refractivity contribution in [3.63, 3.8) is 0 Å². The molecule has 0 aliphatic carbocycles. The zero-order valence-corrected chi connectivity index (χ0v) is 10.7. The molecule has 3 aromatic rings. The van der Waals surface area contributed by atoms with Crippen molar-refractivity contribution >= 4 is 0 Å². The van der Waals surface area contributed by atoms with Gasteiger partial charge in [0.15, 0.2) is 0 Å². The molecule has 3 nitrogen and oxygen atoms in total. The summed E-state index contributed by atoms with van der Waals surface area (Å²) in [6.07, 6.45) is 3.47. The predicted octanol–water partition coefficient (Wildman–Crippen LogP) is 3.44. The van der Waals surface area contributed by atoms with E-state index in [-0.39, 0.29) is 11.6 Å². The highest BCUT2D eigenvalue weighted by molar-refractivity contribution is 5.56. The molecule has 20 heavy (non-hydrogen) atoms. The van der Waals surface area contributed by atoms with Crippen molar-refractivity contribution in [2.24, 2.45) is 0 Å². The number of rotatable bonds is 3. The van der Waals surface area contributed by atoms with Crippen molar-refractivity contribution in [3.05, 3.63) is 72.3 Å². The van der Waals surface area contributed by atoms with Crippen LogP contribution in [0, 0.1) is 5.82 Å². The minimum atomic E-state index is -0.286. The summed E-state index contributed by atoms with van der Waals surface area (Å²) in [6, 6.07) is 13.5. The van der Waals surface area contributed by atoms with Crippen molar-refractivity contribution in [3.8, 4) is 17.1 Å². The second-order valence-corrected chi connectivity index (χ2v) is 4.53. The van der Waals surface area contributed by atoms with Gasteiger partial charge in [-0.15, -0.1) is 0 Å². The van der Waals surface area contributed by atoms with Crippen molar-refractivity contribution < 1.29 is 9.50 Å². The van der Waals surface area contributed by atoms with E-state index in [0.29, 0.717) is 17.9 Å². The standard InChI is InChI=1S/C16H13FN2O/c17-15-4-2-1-3-14(15)16-18-9-10-19(16)11-12-5-7-13(20)8-6-12/h1-10,20H,11H2. The number of hydrogen-bond donors (Lipinski definition) is 1. The third kappa shape index (κ3) is 2.40. The Balaban J connectivity index is 1.95. The number of aromatic hydroxyl groups is 1. The number of aromatic nitrogens is 2.